The SMILES string of the molecule is CCOC(=O)CSc1cc(-c2ccccc2)cc(-c2ccccc2)[n+]1-c1ccc(C)cc1. The zero-order valence-corrected chi connectivity index (χ0v) is 19.1. The van der Waals surface area contributed by atoms with Crippen LogP contribution in [0.15, 0.2) is 102 Å². The molecule has 1 aromatic heterocycles. The van der Waals surface area contributed by atoms with Gasteiger partial charge in [0.25, 0.3) is 0 Å². The summed E-state index contributed by atoms with van der Waals surface area (Å²) in [4.78, 5) is 12.2. The number of rotatable bonds is 7. The van der Waals surface area contributed by atoms with Crippen LogP contribution in [-0.4, -0.2) is 18.3 Å². The van der Waals surface area contributed by atoms with Gasteiger partial charge in [-0.1, -0.05) is 66.2 Å². The number of ether oxygens (including phenoxy) is 1. The third kappa shape index (κ3) is 5.09. The number of hydrogen-bond acceptors (Lipinski definition) is 3. The highest BCUT2D eigenvalue weighted by Gasteiger charge is 2.25. The number of aromatic nitrogens is 1. The fourth-order valence-electron chi connectivity index (χ4n) is 3.59. The molecule has 4 aromatic rings. The van der Waals surface area contributed by atoms with Gasteiger partial charge in [0, 0.05) is 29.8 Å². The minimum absolute atomic E-state index is 0.209. The standard InChI is InChI=1S/C28H26NO2S/c1-3-31-28(30)20-32-27-19-24(22-10-6-4-7-11-22)18-26(23-12-8-5-9-13-23)29(27)25-16-14-21(2)15-17-25/h4-19H,3,20H2,1-2H3/q+1. The highest BCUT2D eigenvalue weighted by molar-refractivity contribution is 7.99. The van der Waals surface area contributed by atoms with Crippen molar-refractivity contribution in [2.75, 3.05) is 12.4 Å². The fourth-order valence-corrected chi connectivity index (χ4v) is 4.48. The first-order valence-electron chi connectivity index (χ1n) is 10.7. The molecule has 0 amide bonds. The zero-order valence-electron chi connectivity index (χ0n) is 18.3. The van der Waals surface area contributed by atoms with Gasteiger partial charge in [0.1, 0.15) is 5.75 Å². The Morgan fingerprint density at radius 3 is 2.06 bits per heavy atom. The van der Waals surface area contributed by atoms with Crippen LogP contribution in [0.1, 0.15) is 12.5 Å². The monoisotopic (exact) mass is 440 g/mol. The summed E-state index contributed by atoms with van der Waals surface area (Å²) in [5.41, 5.74) is 6.70. The van der Waals surface area contributed by atoms with Gasteiger partial charge < -0.3 is 4.74 Å². The van der Waals surface area contributed by atoms with E-state index < -0.39 is 0 Å². The lowest BCUT2D eigenvalue weighted by molar-refractivity contribution is -0.624. The Labute approximate surface area is 193 Å². The maximum atomic E-state index is 12.2. The van der Waals surface area contributed by atoms with Crippen LogP contribution in [0.4, 0.5) is 0 Å². The van der Waals surface area contributed by atoms with Crippen LogP contribution >= 0.6 is 11.8 Å². The molecule has 3 aromatic carbocycles. The quantitative estimate of drug-likeness (QED) is 0.193. The van der Waals surface area contributed by atoms with Crippen LogP contribution in [0, 0.1) is 6.92 Å². The largest absolute Gasteiger partial charge is 0.465 e. The molecule has 32 heavy (non-hydrogen) atoms. The second kappa shape index (κ2) is 10.3. The average molecular weight is 441 g/mol. The summed E-state index contributed by atoms with van der Waals surface area (Å²) in [6.07, 6.45) is 0. The molecule has 0 spiro atoms. The third-order valence-electron chi connectivity index (χ3n) is 5.14. The van der Waals surface area contributed by atoms with Crippen LogP contribution in [0.2, 0.25) is 0 Å². The normalized spacial score (nSPS) is 10.7. The first kappa shape index (κ1) is 21.8. The van der Waals surface area contributed by atoms with Crippen molar-refractivity contribution in [2.24, 2.45) is 0 Å². The average Bonchev–Trinajstić information content (AvgIpc) is 2.84. The van der Waals surface area contributed by atoms with Crippen molar-refractivity contribution in [1.82, 2.24) is 0 Å². The van der Waals surface area contributed by atoms with Crippen molar-refractivity contribution >= 4 is 17.7 Å². The lowest BCUT2D eigenvalue weighted by Gasteiger charge is -2.12. The predicted molar refractivity (Wildman–Crippen MR) is 131 cm³/mol. The maximum Gasteiger partial charge on any atom is 0.316 e. The maximum absolute atomic E-state index is 12.2. The minimum Gasteiger partial charge on any atom is -0.465 e. The smallest absolute Gasteiger partial charge is 0.316 e. The highest BCUT2D eigenvalue weighted by Crippen LogP contribution is 2.30. The molecular weight excluding hydrogens is 414 g/mol. The number of esters is 1. The molecule has 0 saturated carbocycles. The number of benzene rings is 3. The van der Waals surface area contributed by atoms with Crippen LogP contribution in [0.5, 0.6) is 0 Å². The third-order valence-corrected chi connectivity index (χ3v) is 6.12. The molecule has 0 radical (unpaired) electrons. The summed E-state index contributed by atoms with van der Waals surface area (Å²) in [5.74, 6) is 0.0472. The summed E-state index contributed by atoms with van der Waals surface area (Å²) in [6.45, 7) is 4.30. The van der Waals surface area contributed by atoms with E-state index in [2.05, 4.69) is 84.3 Å². The zero-order chi connectivity index (χ0) is 22.3. The summed E-state index contributed by atoms with van der Waals surface area (Å²) < 4.78 is 7.41. The molecule has 0 aliphatic heterocycles. The van der Waals surface area contributed by atoms with Crippen LogP contribution in [0.25, 0.3) is 28.1 Å². The minimum atomic E-state index is -0.209. The molecule has 160 valence electrons. The number of nitrogens with zero attached hydrogens (tertiary/aromatic N) is 1. The van der Waals surface area contributed by atoms with Crippen molar-refractivity contribution in [3.8, 4) is 28.1 Å². The fraction of sp³-hybridized carbons (Fsp3) is 0.143. The molecule has 0 unspecified atom stereocenters. The van der Waals surface area contributed by atoms with Crippen molar-refractivity contribution < 1.29 is 14.1 Å². The second-order valence-corrected chi connectivity index (χ2v) is 8.46. The molecule has 0 N–H and O–H groups in total. The molecule has 0 aliphatic rings. The van der Waals surface area contributed by atoms with Crippen molar-refractivity contribution in [3.05, 3.63) is 103 Å². The van der Waals surface area contributed by atoms with Gasteiger partial charge in [-0.2, -0.15) is 0 Å². The molecule has 1 heterocycles. The highest BCUT2D eigenvalue weighted by atomic mass is 32.2. The van der Waals surface area contributed by atoms with Crippen LogP contribution in [0.3, 0.4) is 0 Å². The second-order valence-electron chi connectivity index (χ2n) is 7.46. The number of thioether (sulfide) groups is 1. The summed E-state index contributed by atoms with van der Waals surface area (Å²) in [6, 6.07) is 33.6. The lowest BCUT2D eigenvalue weighted by Crippen LogP contribution is -2.36. The molecule has 0 bridgehead atoms. The topological polar surface area (TPSA) is 30.2 Å². The van der Waals surface area contributed by atoms with E-state index in [1.165, 1.54) is 17.3 Å². The molecule has 0 fully saturated rings. The van der Waals surface area contributed by atoms with E-state index in [1.807, 2.05) is 31.2 Å². The van der Waals surface area contributed by atoms with Gasteiger partial charge in [-0.3, -0.25) is 4.79 Å². The van der Waals surface area contributed by atoms with E-state index in [-0.39, 0.29) is 11.7 Å². The van der Waals surface area contributed by atoms with E-state index >= 15 is 0 Å². The molecule has 3 nitrogen and oxygen atoms in total. The van der Waals surface area contributed by atoms with Crippen LogP contribution in [-0.2, 0) is 9.53 Å². The number of aryl methyl sites for hydroxylation is 1. The molecule has 4 rings (SSSR count). The van der Waals surface area contributed by atoms with Gasteiger partial charge in [0.15, 0.2) is 0 Å². The summed E-state index contributed by atoms with van der Waals surface area (Å²) >= 11 is 1.50. The van der Waals surface area contributed by atoms with Gasteiger partial charge in [-0.25, -0.2) is 0 Å². The lowest BCUT2D eigenvalue weighted by atomic mass is 10.0. The molecule has 4 heteroatoms. The first-order valence-corrected chi connectivity index (χ1v) is 11.7. The Hall–Kier alpha value is -3.37. The van der Waals surface area contributed by atoms with Crippen molar-refractivity contribution in [2.45, 2.75) is 18.9 Å². The van der Waals surface area contributed by atoms with Gasteiger partial charge >= 0.3 is 5.97 Å². The molecule has 0 atom stereocenters. The Kier molecular flexibility index (Phi) is 7.03. The van der Waals surface area contributed by atoms with Gasteiger partial charge in [-0.15, -0.1) is 4.57 Å². The number of hydrogen-bond donors (Lipinski definition) is 0. The predicted octanol–water partition coefficient (Wildman–Crippen LogP) is 6.26. The van der Waals surface area contributed by atoms with E-state index in [4.69, 9.17) is 4.74 Å². The first-order chi connectivity index (χ1) is 15.7. The number of carbonyl (C=O) groups is 1. The van der Waals surface area contributed by atoms with E-state index in [0.717, 1.165) is 33.1 Å². The van der Waals surface area contributed by atoms with Crippen LogP contribution < -0.4 is 4.57 Å². The number of pyridine rings is 1. The van der Waals surface area contributed by atoms with Gasteiger partial charge in [0.05, 0.1) is 6.61 Å². The van der Waals surface area contributed by atoms with Crippen molar-refractivity contribution in [1.29, 1.82) is 0 Å². The van der Waals surface area contributed by atoms with Gasteiger partial charge in [-0.05, 0) is 48.9 Å². The van der Waals surface area contributed by atoms with E-state index in [0.29, 0.717) is 6.61 Å². The van der Waals surface area contributed by atoms with Crippen molar-refractivity contribution in [3.63, 3.8) is 0 Å². The van der Waals surface area contributed by atoms with E-state index in [1.54, 1.807) is 0 Å². The molecular formula is C28H26NO2S+. The molecule has 0 saturated heterocycles. The Balaban J connectivity index is 1.93. The Morgan fingerprint density at radius 1 is 0.812 bits per heavy atom. The number of carbonyl (C=O) groups excluding carboxylic acids is 1. The molecule has 0 aliphatic carbocycles. The summed E-state index contributed by atoms with van der Waals surface area (Å²) in [5, 5.41) is 0.988. The summed E-state index contributed by atoms with van der Waals surface area (Å²) in [7, 11) is 0. The Bertz CT molecular complexity index is 1190. The Morgan fingerprint density at radius 2 is 1.44 bits per heavy atom. The van der Waals surface area contributed by atoms with Gasteiger partial charge in [0.2, 0.25) is 16.4 Å². The van der Waals surface area contributed by atoms with E-state index in [9.17, 15) is 4.79 Å².